The molecule has 0 saturated carbocycles. The molecular formula is C17H12BrNO2S. The van der Waals surface area contributed by atoms with Crippen molar-refractivity contribution in [1.82, 2.24) is 0 Å². The van der Waals surface area contributed by atoms with Crippen LogP contribution >= 0.6 is 27.7 Å². The molecular weight excluding hydrogens is 362 g/mol. The molecule has 0 atom stereocenters. The normalized spacial score (nSPS) is 16.6. The molecule has 0 unspecified atom stereocenters. The number of rotatable bonds is 2. The molecule has 1 fully saturated rings. The maximum absolute atomic E-state index is 12.5. The standard InChI is InChI=1S/C17H12BrNO2S/c1-11-2-8-14(9-3-11)19-16(20)15(22-17(19)21)10-12-4-6-13(18)7-5-12/h2-10H,1H3/b15-10-. The summed E-state index contributed by atoms with van der Waals surface area (Å²) in [6.45, 7) is 1.96. The summed E-state index contributed by atoms with van der Waals surface area (Å²) < 4.78 is 0.970. The Bertz CT molecular complexity index is 766. The molecule has 0 spiro atoms. The van der Waals surface area contributed by atoms with Crippen LogP contribution in [0.2, 0.25) is 0 Å². The number of imide groups is 1. The van der Waals surface area contributed by atoms with Crippen LogP contribution in [0, 0.1) is 6.92 Å². The molecule has 2 aromatic rings. The van der Waals surface area contributed by atoms with Crippen LogP contribution in [0.3, 0.4) is 0 Å². The van der Waals surface area contributed by atoms with Crippen LogP contribution in [0.25, 0.3) is 6.08 Å². The van der Waals surface area contributed by atoms with E-state index in [1.165, 1.54) is 4.90 Å². The number of benzene rings is 2. The summed E-state index contributed by atoms with van der Waals surface area (Å²) in [4.78, 5) is 26.3. The fraction of sp³-hybridized carbons (Fsp3) is 0.0588. The molecule has 0 radical (unpaired) electrons. The van der Waals surface area contributed by atoms with E-state index < -0.39 is 0 Å². The number of amides is 2. The molecule has 2 aromatic carbocycles. The molecule has 1 aliphatic heterocycles. The number of anilines is 1. The molecule has 0 N–H and O–H groups in total. The molecule has 2 amide bonds. The van der Waals surface area contributed by atoms with Gasteiger partial charge >= 0.3 is 0 Å². The third kappa shape index (κ3) is 3.00. The summed E-state index contributed by atoms with van der Waals surface area (Å²) in [5.41, 5.74) is 2.58. The Morgan fingerprint density at radius 1 is 1.00 bits per heavy atom. The van der Waals surface area contributed by atoms with E-state index in [2.05, 4.69) is 15.9 Å². The van der Waals surface area contributed by atoms with E-state index in [1.54, 1.807) is 18.2 Å². The van der Waals surface area contributed by atoms with Crippen molar-refractivity contribution < 1.29 is 9.59 Å². The Hall–Kier alpha value is -1.85. The SMILES string of the molecule is Cc1ccc(N2C(=O)S/C(=C\c3ccc(Br)cc3)C2=O)cc1. The highest BCUT2D eigenvalue weighted by Crippen LogP contribution is 2.35. The zero-order valence-corrected chi connectivity index (χ0v) is 14.1. The highest BCUT2D eigenvalue weighted by molar-refractivity contribution is 9.10. The van der Waals surface area contributed by atoms with Gasteiger partial charge in [-0.2, -0.15) is 0 Å². The van der Waals surface area contributed by atoms with Gasteiger partial charge in [-0.25, -0.2) is 4.90 Å². The monoisotopic (exact) mass is 373 g/mol. The number of hydrogen-bond donors (Lipinski definition) is 0. The van der Waals surface area contributed by atoms with Crippen LogP contribution < -0.4 is 4.90 Å². The lowest BCUT2D eigenvalue weighted by Crippen LogP contribution is -2.27. The first-order chi connectivity index (χ1) is 10.5. The lowest BCUT2D eigenvalue weighted by atomic mass is 10.2. The van der Waals surface area contributed by atoms with Gasteiger partial charge in [-0.3, -0.25) is 9.59 Å². The fourth-order valence-electron chi connectivity index (χ4n) is 2.09. The van der Waals surface area contributed by atoms with Crippen molar-refractivity contribution in [2.45, 2.75) is 6.92 Å². The number of carbonyl (C=O) groups is 2. The quantitative estimate of drug-likeness (QED) is 0.695. The zero-order valence-electron chi connectivity index (χ0n) is 11.7. The predicted molar refractivity (Wildman–Crippen MR) is 93.8 cm³/mol. The average Bonchev–Trinajstić information content (AvgIpc) is 2.77. The number of halogens is 1. The van der Waals surface area contributed by atoms with Crippen molar-refractivity contribution in [3.63, 3.8) is 0 Å². The van der Waals surface area contributed by atoms with Gasteiger partial charge in [0.1, 0.15) is 0 Å². The average molecular weight is 374 g/mol. The zero-order chi connectivity index (χ0) is 15.7. The van der Waals surface area contributed by atoms with Crippen LogP contribution in [0.5, 0.6) is 0 Å². The summed E-state index contributed by atoms with van der Waals surface area (Å²) in [6.07, 6.45) is 1.74. The van der Waals surface area contributed by atoms with Crippen molar-refractivity contribution >= 4 is 50.6 Å². The second-order valence-electron chi connectivity index (χ2n) is 4.90. The number of hydrogen-bond acceptors (Lipinski definition) is 3. The van der Waals surface area contributed by atoms with Crippen molar-refractivity contribution in [3.8, 4) is 0 Å². The molecule has 5 heteroatoms. The molecule has 3 nitrogen and oxygen atoms in total. The van der Waals surface area contributed by atoms with Gasteiger partial charge in [0.25, 0.3) is 11.1 Å². The van der Waals surface area contributed by atoms with Gasteiger partial charge in [0.05, 0.1) is 10.6 Å². The van der Waals surface area contributed by atoms with E-state index in [0.717, 1.165) is 27.4 Å². The van der Waals surface area contributed by atoms with Crippen molar-refractivity contribution in [3.05, 3.63) is 69.0 Å². The van der Waals surface area contributed by atoms with Gasteiger partial charge in [0.2, 0.25) is 0 Å². The maximum atomic E-state index is 12.5. The van der Waals surface area contributed by atoms with E-state index in [0.29, 0.717) is 10.6 Å². The first-order valence-electron chi connectivity index (χ1n) is 6.65. The minimum absolute atomic E-state index is 0.266. The lowest BCUT2D eigenvalue weighted by Gasteiger charge is -2.12. The maximum Gasteiger partial charge on any atom is 0.298 e. The van der Waals surface area contributed by atoms with Gasteiger partial charge in [-0.1, -0.05) is 45.8 Å². The smallest absolute Gasteiger partial charge is 0.268 e. The Balaban J connectivity index is 1.91. The predicted octanol–water partition coefficient (Wildman–Crippen LogP) is 5.00. The van der Waals surface area contributed by atoms with Gasteiger partial charge in [-0.05, 0) is 54.6 Å². The van der Waals surface area contributed by atoms with Crippen LogP contribution in [-0.2, 0) is 4.79 Å². The summed E-state index contributed by atoms with van der Waals surface area (Å²) in [5.74, 6) is -0.276. The number of aryl methyl sites for hydroxylation is 1. The Morgan fingerprint density at radius 3 is 2.27 bits per heavy atom. The van der Waals surface area contributed by atoms with Crippen molar-refractivity contribution in [1.29, 1.82) is 0 Å². The van der Waals surface area contributed by atoms with Gasteiger partial charge < -0.3 is 0 Å². The first-order valence-corrected chi connectivity index (χ1v) is 8.26. The summed E-state index contributed by atoms with van der Waals surface area (Å²) in [7, 11) is 0. The van der Waals surface area contributed by atoms with E-state index >= 15 is 0 Å². The molecule has 3 rings (SSSR count). The molecule has 0 aromatic heterocycles. The molecule has 1 heterocycles. The fourth-order valence-corrected chi connectivity index (χ4v) is 3.20. The number of thioether (sulfide) groups is 1. The minimum Gasteiger partial charge on any atom is -0.268 e. The van der Waals surface area contributed by atoms with E-state index in [9.17, 15) is 9.59 Å². The first kappa shape index (κ1) is 15.1. The molecule has 0 bridgehead atoms. The molecule has 1 aliphatic rings. The lowest BCUT2D eigenvalue weighted by molar-refractivity contribution is -0.113. The van der Waals surface area contributed by atoms with Crippen LogP contribution in [0.4, 0.5) is 10.5 Å². The highest BCUT2D eigenvalue weighted by Gasteiger charge is 2.36. The highest BCUT2D eigenvalue weighted by atomic mass is 79.9. The second-order valence-corrected chi connectivity index (χ2v) is 6.81. The topological polar surface area (TPSA) is 37.4 Å². The largest absolute Gasteiger partial charge is 0.298 e. The summed E-state index contributed by atoms with van der Waals surface area (Å²) in [6, 6.07) is 14.9. The number of nitrogens with zero attached hydrogens (tertiary/aromatic N) is 1. The minimum atomic E-state index is -0.276. The van der Waals surface area contributed by atoms with E-state index in [-0.39, 0.29) is 11.1 Å². The second kappa shape index (κ2) is 6.10. The van der Waals surface area contributed by atoms with Crippen LogP contribution in [0.1, 0.15) is 11.1 Å². The van der Waals surface area contributed by atoms with E-state index in [1.807, 2.05) is 43.3 Å². The number of carbonyl (C=O) groups excluding carboxylic acids is 2. The van der Waals surface area contributed by atoms with Gasteiger partial charge in [-0.15, -0.1) is 0 Å². The third-order valence-corrected chi connectivity index (χ3v) is 4.65. The van der Waals surface area contributed by atoms with Crippen LogP contribution in [-0.4, -0.2) is 11.1 Å². The Labute approximate surface area is 141 Å². The third-order valence-electron chi connectivity index (χ3n) is 3.25. The molecule has 22 heavy (non-hydrogen) atoms. The molecule has 1 saturated heterocycles. The van der Waals surface area contributed by atoms with Gasteiger partial charge in [0.15, 0.2) is 0 Å². The van der Waals surface area contributed by atoms with Crippen molar-refractivity contribution in [2.75, 3.05) is 4.90 Å². The van der Waals surface area contributed by atoms with E-state index in [4.69, 9.17) is 0 Å². The summed E-state index contributed by atoms with van der Waals surface area (Å²) in [5, 5.41) is -0.266. The van der Waals surface area contributed by atoms with Gasteiger partial charge in [0, 0.05) is 4.47 Å². The molecule has 110 valence electrons. The van der Waals surface area contributed by atoms with Crippen molar-refractivity contribution in [2.24, 2.45) is 0 Å². The molecule has 0 aliphatic carbocycles. The van der Waals surface area contributed by atoms with Crippen LogP contribution in [0.15, 0.2) is 57.9 Å². The Morgan fingerprint density at radius 2 is 1.64 bits per heavy atom. The summed E-state index contributed by atoms with van der Waals surface area (Å²) >= 11 is 4.34. The Kier molecular flexibility index (Phi) is 4.18.